The van der Waals surface area contributed by atoms with Gasteiger partial charge in [-0.2, -0.15) is 0 Å². The number of allylic oxidation sites excluding steroid dienone is 2. The zero-order chi connectivity index (χ0) is 24.8. The molecule has 0 heterocycles. The molecular formula is C34H66FeP2. The van der Waals surface area contributed by atoms with Crippen LogP contribution in [0.5, 0.6) is 0 Å². The second-order valence-corrected chi connectivity index (χ2v) is 21.0. The summed E-state index contributed by atoms with van der Waals surface area (Å²) >= 11 is 0. The van der Waals surface area contributed by atoms with E-state index in [-0.39, 0.29) is 47.8 Å². The molecule has 0 amide bonds. The summed E-state index contributed by atoms with van der Waals surface area (Å²) in [5, 5.41) is 2.95. The first-order chi connectivity index (χ1) is 16.1. The molecule has 3 saturated carbocycles. The Balaban J connectivity index is 0.00000145. The molecule has 0 aromatic heterocycles. The van der Waals surface area contributed by atoms with Crippen molar-refractivity contribution in [2.45, 2.75) is 191 Å². The first kappa shape index (κ1) is 38.1. The minimum Gasteiger partial charge on any atom is -0.358 e. The Kier molecular flexibility index (Phi) is 18.4. The molecule has 4 aliphatic carbocycles. The van der Waals surface area contributed by atoms with E-state index in [9.17, 15) is 0 Å². The SMILES string of the molecule is C1CCCC1.C[C@H](C1=C(P(C2CCCCC2)C2CCCCC2)CCC1)P(C(C)(C)C)C(C)(C)C.[CH3-].[CH3-].[Fe+2]. The third kappa shape index (κ3) is 11.1. The van der Waals surface area contributed by atoms with Crippen molar-refractivity contribution in [1.82, 2.24) is 0 Å². The largest absolute Gasteiger partial charge is 2.00 e. The van der Waals surface area contributed by atoms with Gasteiger partial charge in [0, 0.05) is 0 Å². The van der Waals surface area contributed by atoms with Crippen LogP contribution in [0.1, 0.15) is 164 Å². The summed E-state index contributed by atoms with van der Waals surface area (Å²) in [5.41, 5.74) is 4.96. The molecule has 4 aliphatic rings. The number of hydrogen-bond acceptors (Lipinski definition) is 0. The van der Waals surface area contributed by atoms with Crippen molar-refractivity contribution < 1.29 is 17.1 Å². The van der Waals surface area contributed by atoms with Crippen molar-refractivity contribution in [3.05, 3.63) is 25.7 Å². The van der Waals surface area contributed by atoms with Gasteiger partial charge in [0.2, 0.25) is 0 Å². The predicted molar refractivity (Wildman–Crippen MR) is 173 cm³/mol. The molecule has 3 heteroatoms. The first-order valence-corrected chi connectivity index (χ1v) is 18.3. The van der Waals surface area contributed by atoms with Gasteiger partial charge in [-0.25, -0.2) is 0 Å². The van der Waals surface area contributed by atoms with Crippen molar-refractivity contribution in [2.24, 2.45) is 0 Å². The minimum absolute atomic E-state index is 0. The van der Waals surface area contributed by atoms with Gasteiger partial charge in [0.25, 0.3) is 0 Å². The van der Waals surface area contributed by atoms with Gasteiger partial charge in [-0.3, -0.25) is 0 Å². The van der Waals surface area contributed by atoms with Crippen LogP contribution in [0.15, 0.2) is 10.9 Å². The first-order valence-electron chi connectivity index (χ1n) is 15.4. The van der Waals surface area contributed by atoms with Crippen molar-refractivity contribution in [1.29, 1.82) is 0 Å². The fourth-order valence-electron chi connectivity index (χ4n) is 8.16. The molecule has 0 saturated heterocycles. The third-order valence-electron chi connectivity index (χ3n) is 9.07. The zero-order valence-corrected chi connectivity index (χ0v) is 29.6. The zero-order valence-electron chi connectivity index (χ0n) is 26.7. The maximum atomic E-state index is 2.65. The van der Waals surface area contributed by atoms with E-state index in [1.807, 2.05) is 5.57 Å². The molecule has 0 unspecified atom stereocenters. The van der Waals surface area contributed by atoms with E-state index in [2.05, 4.69) is 53.8 Å². The topological polar surface area (TPSA) is 0 Å². The van der Waals surface area contributed by atoms with E-state index in [0.717, 1.165) is 17.0 Å². The second-order valence-electron chi connectivity index (χ2n) is 14.0. The Morgan fingerprint density at radius 3 is 1.27 bits per heavy atom. The van der Waals surface area contributed by atoms with Crippen LogP contribution in [0.4, 0.5) is 0 Å². The van der Waals surface area contributed by atoms with E-state index in [4.69, 9.17) is 0 Å². The van der Waals surface area contributed by atoms with E-state index in [1.54, 1.807) is 25.7 Å². The van der Waals surface area contributed by atoms with Gasteiger partial charge in [0.1, 0.15) is 0 Å². The van der Waals surface area contributed by atoms with Gasteiger partial charge >= 0.3 is 17.1 Å². The summed E-state index contributed by atoms with van der Waals surface area (Å²) in [7, 11) is 0.0749. The van der Waals surface area contributed by atoms with Crippen LogP contribution < -0.4 is 0 Å². The summed E-state index contributed by atoms with van der Waals surface area (Å²) in [5.74, 6) is 0. The molecule has 0 nitrogen and oxygen atoms in total. The van der Waals surface area contributed by atoms with E-state index in [0.29, 0.717) is 10.3 Å². The Bertz CT molecular complexity index is 586. The average Bonchev–Trinajstić information content (AvgIpc) is 3.49. The smallest absolute Gasteiger partial charge is 0.358 e. The fourth-order valence-corrected chi connectivity index (χ4v) is 17.6. The summed E-state index contributed by atoms with van der Waals surface area (Å²) in [6, 6.07) is 0. The molecule has 37 heavy (non-hydrogen) atoms. The van der Waals surface area contributed by atoms with Gasteiger partial charge in [0.05, 0.1) is 0 Å². The fraction of sp³-hybridized carbons (Fsp3) is 0.882. The van der Waals surface area contributed by atoms with Gasteiger partial charge in [0.15, 0.2) is 0 Å². The van der Waals surface area contributed by atoms with Crippen molar-refractivity contribution in [3.63, 3.8) is 0 Å². The van der Waals surface area contributed by atoms with Crippen LogP contribution in [0.3, 0.4) is 0 Å². The Hall–Kier alpha value is 1.12. The van der Waals surface area contributed by atoms with Gasteiger partial charge in [-0.15, -0.1) is 0 Å². The Morgan fingerprint density at radius 1 is 0.568 bits per heavy atom. The molecule has 0 radical (unpaired) electrons. The van der Waals surface area contributed by atoms with Gasteiger partial charge < -0.3 is 14.9 Å². The van der Waals surface area contributed by atoms with E-state index < -0.39 is 0 Å². The summed E-state index contributed by atoms with van der Waals surface area (Å²) in [6.07, 6.45) is 27.2. The van der Waals surface area contributed by atoms with E-state index >= 15 is 0 Å². The predicted octanol–water partition coefficient (Wildman–Crippen LogP) is 12.9. The van der Waals surface area contributed by atoms with E-state index in [1.165, 1.54) is 89.9 Å². The van der Waals surface area contributed by atoms with Crippen LogP contribution in [-0.4, -0.2) is 27.3 Å². The van der Waals surface area contributed by atoms with Gasteiger partial charge in [-0.05, 0) is 77.5 Å². The molecule has 0 spiro atoms. The molecule has 4 rings (SSSR count). The van der Waals surface area contributed by atoms with Crippen molar-refractivity contribution in [3.8, 4) is 0 Å². The van der Waals surface area contributed by atoms with Crippen LogP contribution in [0, 0.1) is 14.9 Å². The molecule has 1 atom stereocenters. The molecular weight excluding hydrogens is 526 g/mol. The molecule has 0 aromatic rings. The average molecular weight is 593 g/mol. The van der Waals surface area contributed by atoms with Crippen molar-refractivity contribution >= 4 is 15.8 Å². The molecule has 0 aliphatic heterocycles. The molecule has 0 N–H and O–H groups in total. The minimum atomic E-state index is -0.0488. The molecule has 220 valence electrons. The van der Waals surface area contributed by atoms with Crippen molar-refractivity contribution in [2.75, 3.05) is 0 Å². The number of rotatable bonds is 5. The molecule has 0 bridgehead atoms. The Labute approximate surface area is 249 Å². The summed E-state index contributed by atoms with van der Waals surface area (Å²) < 4.78 is 0. The van der Waals surface area contributed by atoms with Crippen LogP contribution in [0.2, 0.25) is 0 Å². The monoisotopic (exact) mass is 592 g/mol. The quantitative estimate of drug-likeness (QED) is 0.169. The normalized spacial score (nSPS) is 22.6. The summed E-state index contributed by atoms with van der Waals surface area (Å²) in [6.45, 7) is 17.8. The molecule has 0 aromatic carbocycles. The maximum absolute atomic E-state index is 2.65. The van der Waals surface area contributed by atoms with Crippen LogP contribution in [0.25, 0.3) is 0 Å². The second kappa shape index (κ2) is 17.8. The molecule has 3 fully saturated rings. The van der Waals surface area contributed by atoms with Gasteiger partial charge in [-0.1, -0.05) is 141 Å². The number of hydrogen-bond donors (Lipinski definition) is 0. The standard InChI is InChI=1S/C27H50P2.C5H10.2CH3.Fe/c1-21(29(26(2,3)4)27(5,6)7)24-19-14-20-25(24)28(22-15-10-8-11-16-22)23-17-12-9-13-18-23;1-2-4-5-3-1;;;/h21-23H,8-20H2,1-7H3;1-5H2;2*1H3;/q;;2*-1;+2/t21-;;;;/m1..../s1. The maximum Gasteiger partial charge on any atom is 2.00 e. The summed E-state index contributed by atoms with van der Waals surface area (Å²) in [4.78, 5) is 0. The Morgan fingerprint density at radius 2 is 0.919 bits per heavy atom. The van der Waals surface area contributed by atoms with Crippen LogP contribution >= 0.6 is 15.8 Å². The van der Waals surface area contributed by atoms with Crippen LogP contribution in [-0.2, 0) is 17.1 Å². The third-order valence-corrected chi connectivity index (χ3v) is 16.8.